The molecule has 9 heteroatoms. The van der Waals surface area contributed by atoms with E-state index >= 15 is 0 Å². The zero-order valence-corrected chi connectivity index (χ0v) is 15.7. The van der Waals surface area contributed by atoms with Crippen molar-refractivity contribution in [3.63, 3.8) is 0 Å². The lowest BCUT2D eigenvalue weighted by atomic mass is 10.2. The second-order valence-electron chi connectivity index (χ2n) is 5.63. The van der Waals surface area contributed by atoms with E-state index in [0.717, 1.165) is 25.3 Å². The number of methoxy groups -OCH3 is 1. The molecule has 1 N–H and O–H groups in total. The van der Waals surface area contributed by atoms with E-state index in [4.69, 9.17) is 4.74 Å². The second-order valence-corrected chi connectivity index (χ2v) is 7.28. The van der Waals surface area contributed by atoms with Crippen LogP contribution in [0.4, 0.5) is 10.1 Å². The molecule has 0 amide bonds. The molecule has 27 heavy (non-hydrogen) atoms. The van der Waals surface area contributed by atoms with Crippen LogP contribution in [0.2, 0.25) is 0 Å². The average Bonchev–Trinajstić information content (AvgIpc) is 2.60. The van der Waals surface area contributed by atoms with E-state index in [1.54, 1.807) is 0 Å². The summed E-state index contributed by atoms with van der Waals surface area (Å²) >= 11 is 0. The quantitative estimate of drug-likeness (QED) is 0.755. The molecule has 0 heterocycles. The maximum absolute atomic E-state index is 13.2. The van der Waals surface area contributed by atoms with Gasteiger partial charge in [-0.1, -0.05) is 12.1 Å². The highest BCUT2D eigenvalue weighted by atomic mass is 32.2. The first-order valence-corrected chi connectivity index (χ1v) is 9.31. The van der Waals surface area contributed by atoms with Crippen molar-refractivity contribution in [2.75, 3.05) is 11.8 Å². The Morgan fingerprint density at radius 2 is 1.81 bits per heavy atom. The lowest BCUT2D eigenvalue weighted by Gasteiger charge is -2.15. The monoisotopic (exact) mass is 395 g/mol. The molecular weight excluding hydrogens is 377 g/mol. The average molecular weight is 395 g/mol. The van der Waals surface area contributed by atoms with Crippen molar-refractivity contribution in [1.29, 1.82) is 0 Å². The van der Waals surface area contributed by atoms with Crippen LogP contribution < -0.4 is 4.72 Å². The number of nitrogens with one attached hydrogen (secondary N) is 1. The smallest absolute Gasteiger partial charge is 0.346 e. The van der Waals surface area contributed by atoms with Crippen molar-refractivity contribution in [2.24, 2.45) is 0 Å². The molecule has 0 fully saturated rings. The van der Waals surface area contributed by atoms with Gasteiger partial charge in [-0.15, -0.1) is 0 Å². The number of esters is 2. The van der Waals surface area contributed by atoms with E-state index in [1.165, 1.54) is 38.1 Å². The summed E-state index contributed by atoms with van der Waals surface area (Å²) in [6.45, 7) is 2.79. The first-order chi connectivity index (χ1) is 12.7. The molecular formula is C18H18FNO6S. The number of hydrogen-bond acceptors (Lipinski definition) is 6. The van der Waals surface area contributed by atoms with E-state index in [2.05, 4.69) is 9.46 Å². The van der Waals surface area contributed by atoms with Gasteiger partial charge in [0.05, 0.1) is 23.3 Å². The lowest BCUT2D eigenvalue weighted by molar-refractivity contribution is -0.149. The van der Waals surface area contributed by atoms with Crippen molar-refractivity contribution in [3.8, 4) is 0 Å². The maximum Gasteiger partial charge on any atom is 0.346 e. The molecule has 0 aliphatic rings. The van der Waals surface area contributed by atoms with Gasteiger partial charge in [-0.05, 0) is 49.7 Å². The molecule has 0 saturated carbocycles. The van der Waals surface area contributed by atoms with Crippen LogP contribution in [-0.2, 0) is 24.3 Å². The summed E-state index contributed by atoms with van der Waals surface area (Å²) < 4.78 is 50.3. The Bertz CT molecular complexity index is 974. The molecule has 144 valence electrons. The van der Waals surface area contributed by atoms with Gasteiger partial charge in [-0.2, -0.15) is 0 Å². The van der Waals surface area contributed by atoms with Crippen molar-refractivity contribution in [3.05, 3.63) is 59.4 Å². The van der Waals surface area contributed by atoms with Gasteiger partial charge in [-0.3, -0.25) is 4.72 Å². The Morgan fingerprint density at radius 3 is 2.44 bits per heavy atom. The molecule has 0 unspecified atom stereocenters. The molecule has 2 rings (SSSR count). The van der Waals surface area contributed by atoms with E-state index in [-0.39, 0.29) is 21.7 Å². The summed E-state index contributed by atoms with van der Waals surface area (Å²) in [5.74, 6) is -2.21. The Labute approximate surface area is 156 Å². The maximum atomic E-state index is 13.2. The van der Waals surface area contributed by atoms with Crippen LogP contribution in [0.3, 0.4) is 0 Å². The summed E-state index contributed by atoms with van der Waals surface area (Å²) in [5.41, 5.74) is 0.0850. The molecule has 0 radical (unpaired) electrons. The van der Waals surface area contributed by atoms with Gasteiger partial charge in [-0.25, -0.2) is 22.4 Å². The van der Waals surface area contributed by atoms with Crippen LogP contribution in [-0.4, -0.2) is 33.6 Å². The summed E-state index contributed by atoms with van der Waals surface area (Å²) in [5, 5.41) is 0. The van der Waals surface area contributed by atoms with Crippen molar-refractivity contribution < 1.29 is 31.9 Å². The van der Waals surface area contributed by atoms with Gasteiger partial charge in [0.1, 0.15) is 5.82 Å². The third-order valence-corrected chi connectivity index (χ3v) is 5.16. The minimum absolute atomic E-state index is 0.0386. The van der Waals surface area contributed by atoms with Gasteiger partial charge in [0.2, 0.25) is 0 Å². The Morgan fingerprint density at radius 1 is 1.15 bits per heavy atom. The largest absolute Gasteiger partial charge is 0.466 e. The fourth-order valence-corrected chi connectivity index (χ4v) is 3.61. The lowest BCUT2D eigenvalue weighted by Crippen LogP contribution is -2.26. The molecule has 2 aromatic rings. The van der Waals surface area contributed by atoms with E-state index in [9.17, 15) is 22.4 Å². The standard InChI is InChI=1S/C18H18FNO6S/c1-11-10-13(19)8-9-16(11)27(23,24)20-15-7-5-4-6-14(15)18(22)26-12(2)17(21)25-3/h4-10,12,20H,1-3H3/t12-/m1/s1. The predicted octanol–water partition coefficient (Wildman–Crippen LogP) is 2.65. The van der Waals surface area contributed by atoms with Crippen molar-refractivity contribution >= 4 is 27.6 Å². The third-order valence-electron chi connectivity index (χ3n) is 3.63. The number of aryl methyl sites for hydroxylation is 1. The van der Waals surface area contributed by atoms with Crippen LogP contribution in [0.25, 0.3) is 0 Å². The molecule has 0 aliphatic carbocycles. The normalized spacial score (nSPS) is 12.1. The SMILES string of the molecule is COC(=O)[C@@H](C)OC(=O)c1ccccc1NS(=O)(=O)c1ccc(F)cc1C. The van der Waals surface area contributed by atoms with Gasteiger partial charge >= 0.3 is 11.9 Å². The van der Waals surface area contributed by atoms with Gasteiger partial charge in [0.25, 0.3) is 10.0 Å². The molecule has 0 saturated heterocycles. The number of rotatable bonds is 6. The van der Waals surface area contributed by atoms with Crippen molar-refractivity contribution in [2.45, 2.75) is 24.8 Å². The summed E-state index contributed by atoms with van der Waals surface area (Å²) in [4.78, 5) is 23.6. The fourth-order valence-electron chi connectivity index (χ4n) is 2.30. The second kappa shape index (κ2) is 8.17. The number of anilines is 1. The minimum atomic E-state index is -4.08. The molecule has 1 atom stereocenters. The number of halogens is 1. The highest BCUT2D eigenvalue weighted by Gasteiger charge is 2.24. The number of carbonyl (C=O) groups is 2. The third kappa shape index (κ3) is 4.82. The Balaban J connectivity index is 2.32. The zero-order valence-electron chi connectivity index (χ0n) is 14.9. The van der Waals surface area contributed by atoms with Crippen LogP contribution in [0.1, 0.15) is 22.8 Å². The van der Waals surface area contributed by atoms with Crippen LogP contribution in [0.5, 0.6) is 0 Å². The number of hydrogen-bond donors (Lipinski definition) is 1. The molecule has 7 nitrogen and oxygen atoms in total. The van der Waals surface area contributed by atoms with Crippen molar-refractivity contribution in [1.82, 2.24) is 0 Å². The van der Waals surface area contributed by atoms with Crippen LogP contribution >= 0.6 is 0 Å². The number of benzene rings is 2. The minimum Gasteiger partial charge on any atom is -0.466 e. The van der Waals surface area contributed by atoms with Gasteiger partial charge in [0.15, 0.2) is 6.10 Å². The van der Waals surface area contributed by atoms with E-state index < -0.39 is 33.9 Å². The Hall–Kier alpha value is -2.94. The molecule has 2 aromatic carbocycles. The first kappa shape index (κ1) is 20.4. The summed E-state index contributed by atoms with van der Waals surface area (Å²) in [6, 6.07) is 9.01. The molecule has 0 aromatic heterocycles. The highest BCUT2D eigenvalue weighted by molar-refractivity contribution is 7.92. The van der Waals surface area contributed by atoms with Crippen LogP contribution in [0, 0.1) is 12.7 Å². The topological polar surface area (TPSA) is 98.8 Å². The fraction of sp³-hybridized carbons (Fsp3) is 0.222. The number of carbonyl (C=O) groups excluding carboxylic acids is 2. The number of para-hydroxylation sites is 1. The predicted molar refractivity (Wildman–Crippen MR) is 95.3 cm³/mol. The molecule has 0 spiro atoms. The first-order valence-electron chi connectivity index (χ1n) is 7.82. The Kier molecular flexibility index (Phi) is 6.17. The van der Waals surface area contributed by atoms with Crippen LogP contribution in [0.15, 0.2) is 47.4 Å². The van der Waals surface area contributed by atoms with Gasteiger partial charge < -0.3 is 9.47 Å². The summed E-state index contributed by atoms with van der Waals surface area (Å²) in [6.07, 6.45) is -1.16. The molecule has 0 bridgehead atoms. The highest BCUT2D eigenvalue weighted by Crippen LogP contribution is 2.23. The zero-order chi connectivity index (χ0) is 20.2. The van der Waals surface area contributed by atoms with E-state index in [1.807, 2.05) is 0 Å². The molecule has 0 aliphatic heterocycles. The summed E-state index contributed by atoms with van der Waals surface area (Å²) in [7, 11) is -2.93. The number of sulfonamides is 1. The van der Waals surface area contributed by atoms with Gasteiger partial charge in [0, 0.05) is 0 Å². The van der Waals surface area contributed by atoms with E-state index in [0.29, 0.717) is 0 Å². The number of ether oxygens (including phenoxy) is 2.